The number of piperidine rings is 1. The van der Waals surface area contributed by atoms with Crippen molar-refractivity contribution in [1.29, 1.82) is 0 Å². The Morgan fingerprint density at radius 3 is 3.11 bits per heavy atom. The molecule has 1 saturated heterocycles. The number of carbonyl (C=O) groups excluding carboxylic acids is 2. The summed E-state index contributed by atoms with van der Waals surface area (Å²) in [4.78, 5) is 24.8. The van der Waals surface area contributed by atoms with Crippen LogP contribution in [0, 0.1) is 0 Å². The quantitative estimate of drug-likeness (QED) is 0.730. The topological polar surface area (TPSA) is 90.1 Å². The number of hydrogen-bond donors (Lipinski definition) is 3. The lowest BCUT2D eigenvalue weighted by molar-refractivity contribution is -0.119. The van der Waals surface area contributed by atoms with Crippen molar-refractivity contribution in [3.63, 3.8) is 0 Å². The van der Waals surface area contributed by atoms with Crippen LogP contribution in [0.1, 0.15) is 25.5 Å². The summed E-state index contributed by atoms with van der Waals surface area (Å²) in [6.45, 7) is 3.22. The van der Waals surface area contributed by atoms with E-state index in [0.29, 0.717) is 13.1 Å². The van der Waals surface area contributed by atoms with Gasteiger partial charge in [-0.1, -0.05) is 0 Å². The van der Waals surface area contributed by atoms with Crippen LogP contribution in [0.4, 0.5) is 4.79 Å². The van der Waals surface area contributed by atoms with Crippen molar-refractivity contribution >= 4 is 11.9 Å². The van der Waals surface area contributed by atoms with Gasteiger partial charge in [0.2, 0.25) is 5.91 Å². The molecule has 0 spiro atoms. The molecular formula is C12H19N5O2. The Hall–Kier alpha value is -2.05. The van der Waals surface area contributed by atoms with Crippen LogP contribution in [0.3, 0.4) is 0 Å². The van der Waals surface area contributed by atoms with E-state index in [1.807, 2.05) is 6.07 Å². The zero-order chi connectivity index (χ0) is 13.7. The van der Waals surface area contributed by atoms with Crippen LogP contribution in [-0.4, -0.2) is 46.2 Å². The first-order valence-corrected chi connectivity index (χ1v) is 6.43. The molecule has 1 aliphatic heterocycles. The number of hydrogen-bond acceptors (Lipinski definition) is 3. The highest BCUT2D eigenvalue weighted by Gasteiger charge is 2.23. The minimum absolute atomic E-state index is 0.0512. The van der Waals surface area contributed by atoms with Crippen molar-refractivity contribution in [1.82, 2.24) is 25.7 Å². The van der Waals surface area contributed by atoms with Crippen LogP contribution in [0.15, 0.2) is 12.3 Å². The molecule has 1 atom stereocenters. The maximum atomic E-state index is 12.0. The molecule has 7 nitrogen and oxygen atoms in total. The molecule has 1 aromatic heterocycles. The molecule has 0 bridgehead atoms. The fourth-order valence-corrected chi connectivity index (χ4v) is 2.23. The average molecular weight is 265 g/mol. The summed E-state index contributed by atoms with van der Waals surface area (Å²) in [6, 6.07) is 1.77. The van der Waals surface area contributed by atoms with Gasteiger partial charge in [0.15, 0.2) is 0 Å². The van der Waals surface area contributed by atoms with E-state index < -0.39 is 0 Å². The van der Waals surface area contributed by atoms with Crippen LogP contribution in [0.5, 0.6) is 0 Å². The fourth-order valence-electron chi connectivity index (χ4n) is 2.23. The van der Waals surface area contributed by atoms with Crippen molar-refractivity contribution in [2.45, 2.75) is 32.4 Å². The first kappa shape index (κ1) is 13.4. The zero-order valence-corrected chi connectivity index (χ0v) is 11.0. The fraction of sp³-hybridized carbons (Fsp3) is 0.583. The van der Waals surface area contributed by atoms with E-state index in [4.69, 9.17) is 0 Å². The van der Waals surface area contributed by atoms with Gasteiger partial charge in [0.05, 0.1) is 12.2 Å². The lowest BCUT2D eigenvalue weighted by Gasteiger charge is -2.32. The molecule has 2 heterocycles. The van der Waals surface area contributed by atoms with Gasteiger partial charge in [0.25, 0.3) is 0 Å². The van der Waals surface area contributed by atoms with Crippen LogP contribution in [-0.2, 0) is 11.3 Å². The average Bonchev–Trinajstić information content (AvgIpc) is 2.88. The number of aromatic nitrogens is 2. The van der Waals surface area contributed by atoms with Crippen molar-refractivity contribution in [3.05, 3.63) is 18.0 Å². The number of nitrogens with zero attached hydrogens (tertiary/aromatic N) is 2. The maximum absolute atomic E-state index is 12.0. The first-order chi connectivity index (χ1) is 9.15. The number of carbonyl (C=O) groups is 2. The molecular weight excluding hydrogens is 246 g/mol. The third-order valence-electron chi connectivity index (χ3n) is 3.10. The smallest absolute Gasteiger partial charge is 0.317 e. The van der Waals surface area contributed by atoms with Crippen LogP contribution in [0.2, 0.25) is 0 Å². The highest BCUT2D eigenvalue weighted by molar-refractivity contribution is 5.75. The normalized spacial score (nSPS) is 19.0. The van der Waals surface area contributed by atoms with Crippen molar-refractivity contribution in [2.24, 2.45) is 0 Å². The molecule has 1 aromatic rings. The SMILES string of the molecule is CC(=O)N[C@@H]1CCCN(C(=O)NCc2ccn[nH]2)C1. The van der Waals surface area contributed by atoms with E-state index >= 15 is 0 Å². The van der Waals surface area contributed by atoms with Crippen LogP contribution >= 0.6 is 0 Å². The first-order valence-electron chi connectivity index (χ1n) is 6.43. The van der Waals surface area contributed by atoms with E-state index in [1.54, 1.807) is 11.1 Å². The zero-order valence-electron chi connectivity index (χ0n) is 11.0. The maximum Gasteiger partial charge on any atom is 0.317 e. The van der Waals surface area contributed by atoms with Gasteiger partial charge >= 0.3 is 6.03 Å². The second-order valence-electron chi connectivity index (χ2n) is 4.73. The third kappa shape index (κ3) is 3.97. The molecule has 3 N–H and O–H groups in total. The lowest BCUT2D eigenvalue weighted by Crippen LogP contribution is -2.51. The Balaban J connectivity index is 1.79. The number of aromatic amines is 1. The summed E-state index contributed by atoms with van der Waals surface area (Å²) < 4.78 is 0. The summed E-state index contributed by atoms with van der Waals surface area (Å²) in [5, 5.41) is 12.3. The molecule has 0 saturated carbocycles. The van der Waals surface area contributed by atoms with Crippen molar-refractivity contribution in [2.75, 3.05) is 13.1 Å². The predicted molar refractivity (Wildman–Crippen MR) is 69.2 cm³/mol. The summed E-state index contributed by atoms with van der Waals surface area (Å²) in [5.41, 5.74) is 0.865. The van der Waals surface area contributed by atoms with Crippen LogP contribution < -0.4 is 10.6 Å². The molecule has 19 heavy (non-hydrogen) atoms. The number of rotatable bonds is 3. The van der Waals surface area contributed by atoms with E-state index in [1.165, 1.54) is 6.92 Å². The Morgan fingerprint density at radius 2 is 2.42 bits per heavy atom. The molecule has 3 amide bonds. The van der Waals surface area contributed by atoms with Crippen LogP contribution in [0.25, 0.3) is 0 Å². The van der Waals surface area contributed by atoms with E-state index in [-0.39, 0.29) is 18.0 Å². The summed E-state index contributed by atoms with van der Waals surface area (Å²) in [7, 11) is 0. The van der Waals surface area contributed by atoms with Gasteiger partial charge in [-0.15, -0.1) is 0 Å². The largest absolute Gasteiger partial charge is 0.352 e. The molecule has 0 aliphatic carbocycles. The predicted octanol–water partition coefficient (Wildman–Crippen LogP) is 0.220. The monoisotopic (exact) mass is 265 g/mol. The molecule has 1 aliphatic rings. The summed E-state index contributed by atoms with van der Waals surface area (Å²) >= 11 is 0. The second-order valence-corrected chi connectivity index (χ2v) is 4.73. The van der Waals surface area contributed by atoms with Gasteiger partial charge in [0.1, 0.15) is 0 Å². The highest BCUT2D eigenvalue weighted by Crippen LogP contribution is 2.10. The third-order valence-corrected chi connectivity index (χ3v) is 3.10. The molecule has 1 fully saturated rings. The molecule has 0 unspecified atom stereocenters. The molecule has 104 valence electrons. The number of nitrogens with one attached hydrogen (secondary N) is 3. The van der Waals surface area contributed by atoms with Gasteiger partial charge in [0, 0.05) is 32.3 Å². The minimum atomic E-state index is -0.107. The molecule has 0 radical (unpaired) electrons. The summed E-state index contributed by atoms with van der Waals surface area (Å²) in [5.74, 6) is -0.0512. The number of urea groups is 1. The number of amides is 3. The van der Waals surface area contributed by atoms with E-state index in [0.717, 1.165) is 25.1 Å². The molecule has 7 heteroatoms. The van der Waals surface area contributed by atoms with E-state index in [2.05, 4.69) is 20.8 Å². The standard InChI is InChI=1S/C12H19N5O2/c1-9(18)15-11-3-2-6-17(8-11)12(19)13-7-10-4-5-14-16-10/h4-5,11H,2-3,6-8H2,1H3,(H,13,19)(H,14,16)(H,15,18)/t11-/m1/s1. The van der Waals surface area contributed by atoms with Crippen molar-refractivity contribution < 1.29 is 9.59 Å². The number of likely N-dealkylation sites (tertiary alicyclic amines) is 1. The second kappa shape index (κ2) is 6.21. The Morgan fingerprint density at radius 1 is 1.58 bits per heavy atom. The summed E-state index contributed by atoms with van der Waals surface area (Å²) in [6.07, 6.45) is 3.47. The van der Waals surface area contributed by atoms with Gasteiger partial charge in [-0.25, -0.2) is 4.79 Å². The molecule has 0 aromatic carbocycles. The van der Waals surface area contributed by atoms with Gasteiger partial charge in [-0.2, -0.15) is 5.10 Å². The Bertz CT molecular complexity index is 431. The van der Waals surface area contributed by atoms with Gasteiger partial charge in [-0.3, -0.25) is 9.89 Å². The van der Waals surface area contributed by atoms with Gasteiger partial charge < -0.3 is 15.5 Å². The van der Waals surface area contributed by atoms with E-state index in [9.17, 15) is 9.59 Å². The highest BCUT2D eigenvalue weighted by atomic mass is 16.2. The lowest BCUT2D eigenvalue weighted by atomic mass is 10.1. The minimum Gasteiger partial charge on any atom is -0.352 e. The van der Waals surface area contributed by atoms with Crippen molar-refractivity contribution in [3.8, 4) is 0 Å². The molecule has 2 rings (SSSR count). The Kier molecular flexibility index (Phi) is 4.38. The van der Waals surface area contributed by atoms with Gasteiger partial charge in [-0.05, 0) is 18.9 Å². The Labute approximate surface area is 111 Å². The number of H-pyrrole nitrogens is 1.